The lowest BCUT2D eigenvalue weighted by Gasteiger charge is -2.28. The number of carbonyl (C=O) groups is 1. The predicted molar refractivity (Wildman–Crippen MR) is 126 cm³/mol. The number of ether oxygens (including phenoxy) is 2. The molecule has 0 amide bonds. The Hall–Kier alpha value is -3.32. The van der Waals surface area contributed by atoms with E-state index < -0.39 is 29.3 Å². The maximum absolute atomic E-state index is 14.6. The van der Waals surface area contributed by atoms with Gasteiger partial charge in [-0.3, -0.25) is 4.79 Å². The fraction of sp³-hybridized carbons (Fsp3) is 0.321. The average molecular weight is 485 g/mol. The minimum Gasteiger partial charge on any atom is -0.508 e. The van der Waals surface area contributed by atoms with Crippen LogP contribution >= 0.6 is 0 Å². The molecule has 1 fully saturated rings. The smallest absolute Gasteiger partial charge is 0.314 e. The van der Waals surface area contributed by atoms with Gasteiger partial charge in [0.15, 0.2) is 11.6 Å². The number of rotatable bonds is 7. The standard InChI is InChI=1S/C28H27F3O4/c1-2-34-16-17-3-12-22(24(29)15-17)18-4-6-20(7-5-18)28(33)35-25-14-13-23(26(30)27(25)31)19-8-10-21(32)11-9-19/h3,8-15,18,20,32H,2,4-7,16H2,1H3. The summed E-state index contributed by atoms with van der Waals surface area (Å²) in [5, 5.41) is 9.38. The molecule has 0 aromatic heterocycles. The average Bonchev–Trinajstić information content (AvgIpc) is 2.86. The molecular formula is C28H27F3O4. The highest BCUT2D eigenvalue weighted by Gasteiger charge is 2.30. The monoisotopic (exact) mass is 484 g/mol. The summed E-state index contributed by atoms with van der Waals surface area (Å²) in [6.07, 6.45) is 2.13. The number of phenols is 1. The highest BCUT2D eigenvalue weighted by molar-refractivity contribution is 5.76. The molecule has 0 aliphatic heterocycles. The van der Waals surface area contributed by atoms with Crippen LogP contribution in [-0.2, 0) is 16.1 Å². The molecule has 0 unspecified atom stereocenters. The van der Waals surface area contributed by atoms with Crippen LogP contribution in [-0.4, -0.2) is 17.7 Å². The van der Waals surface area contributed by atoms with Gasteiger partial charge in [-0.25, -0.2) is 8.78 Å². The van der Waals surface area contributed by atoms with Crippen LogP contribution in [0.1, 0.15) is 49.7 Å². The van der Waals surface area contributed by atoms with Crippen LogP contribution in [0.15, 0.2) is 54.6 Å². The molecule has 7 heteroatoms. The van der Waals surface area contributed by atoms with Gasteiger partial charge < -0.3 is 14.6 Å². The van der Waals surface area contributed by atoms with E-state index in [9.17, 15) is 23.1 Å². The van der Waals surface area contributed by atoms with Crippen molar-refractivity contribution >= 4 is 5.97 Å². The van der Waals surface area contributed by atoms with Crippen molar-refractivity contribution in [2.45, 2.75) is 45.1 Å². The molecule has 0 radical (unpaired) electrons. The van der Waals surface area contributed by atoms with E-state index >= 15 is 0 Å². The molecule has 184 valence electrons. The quantitative estimate of drug-likeness (QED) is 0.293. The van der Waals surface area contributed by atoms with Crippen molar-refractivity contribution in [2.75, 3.05) is 6.61 Å². The van der Waals surface area contributed by atoms with E-state index in [0.717, 1.165) is 5.56 Å². The van der Waals surface area contributed by atoms with Gasteiger partial charge in [0.2, 0.25) is 5.82 Å². The van der Waals surface area contributed by atoms with Crippen LogP contribution in [0.4, 0.5) is 13.2 Å². The second-order valence-corrected chi connectivity index (χ2v) is 8.75. The Morgan fingerprint density at radius 1 is 0.943 bits per heavy atom. The van der Waals surface area contributed by atoms with Gasteiger partial charge in [0.05, 0.1) is 12.5 Å². The van der Waals surface area contributed by atoms with Crippen molar-refractivity contribution in [1.82, 2.24) is 0 Å². The first-order chi connectivity index (χ1) is 16.9. The predicted octanol–water partition coefficient (Wildman–Crippen LogP) is 6.89. The number of benzene rings is 3. The molecule has 3 aromatic rings. The van der Waals surface area contributed by atoms with E-state index in [-0.39, 0.29) is 23.0 Å². The molecule has 0 bridgehead atoms. The molecule has 0 atom stereocenters. The summed E-state index contributed by atoms with van der Waals surface area (Å²) in [7, 11) is 0. The summed E-state index contributed by atoms with van der Waals surface area (Å²) in [6.45, 7) is 2.80. The summed E-state index contributed by atoms with van der Waals surface area (Å²) >= 11 is 0. The number of hydrogen-bond donors (Lipinski definition) is 1. The highest BCUT2D eigenvalue weighted by atomic mass is 19.2. The van der Waals surface area contributed by atoms with Gasteiger partial charge in [0, 0.05) is 12.2 Å². The van der Waals surface area contributed by atoms with Gasteiger partial charge in [0.25, 0.3) is 0 Å². The summed E-state index contributed by atoms with van der Waals surface area (Å²) in [4.78, 5) is 12.7. The second kappa shape index (κ2) is 11.0. The lowest BCUT2D eigenvalue weighted by atomic mass is 9.78. The Balaban J connectivity index is 1.38. The molecule has 0 heterocycles. The van der Waals surface area contributed by atoms with Gasteiger partial charge in [-0.05, 0) is 85.5 Å². The number of aromatic hydroxyl groups is 1. The zero-order chi connectivity index (χ0) is 24.9. The Kier molecular flexibility index (Phi) is 7.76. The van der Waals surface area contributed by atoms with Crippen molar-refractivity contribution in [3.8, 4) is 22.6 Å². The van der Waals surface area contributed by atoms with E-state index in [1.54, 1.807) is 6.07 Å². The van der Waals surface area contributed by atoms with Crippen molar-refractivity contribution in [1.29, 1.82) is 0 Å². The maximum atomic E-state index is 14.6. The number of phenolic OH excluding ortho intramolecular Hbond substituents is 1. The first-order valence-electron chi connectivity index (χ1n) is 11.7. The van der Waals surface area contributed by atoms with Gasteiger partial charge in [-0.1, -0.05) is 24.3 Å². The van der Waals surface area contributed by atoms with Gasteiger partial charge in [-0.2, -0.15) is 4.39 Å². The van der Waals surface area contributed by atoms with Crippen molar-refractivity contribution < 1.29 is 32.5 Å². The minimum atomic E-state index is -1.24. The van der Waals surface area contributed by atoms with Crippen molar-refractivity contribution in [2.24, 2.45) is 5.92 Å². The van der Waals surface area contributed by atoms with E-state index in [4.69, 9.17) is 9.47 Å². The molecule has 4 nitrogen and oxygen atoms in total. The van der Waals surface area contributed by atoms with Crippen LogP contribution in [0, 0.1) is 23.4 Å². The Morgan fingerprint density at radius 2 is 1.66 bits per heavy atom. The Labute approximate surface area is 202 Å². The summed E-state index contributed by atoms with van der Waals surface area (Å²) < 4.78 is 54.4. The number of carbonyl (C=O) groups excluding carboxylic acids is 1. The molecule has 1 aliphatic rings. The molecule has 0 spiro atoms. The normalized spacial score (nSPS) is 17.8. The molecule has 0 saturated heterocycles. The van der Waals surface area contributed by atoms with Gasteiger partial charge in [0.1, 0.15) is 11.6 Å². The molecule has 4 rings (SSSR count). The van der Waals surface area contributed by atoms with Gasteiger partial charge in [-0.15, -0.1) is 0 Å². The van der Waals surface area contributed by atoms with E-state index in [0.29, 0.717) is 50.0 Å². The first kappa shape index (κ1) is 24.8. The van der Waals surface area contributed by atoms with E-state index in [2.05, 4.69) is 0 Å². The summed E-state index contributed by atoms with van der Waals surface area (Å²) in [5.41, 5.74) is 1.77. The third-order valence-electron chi connectivity index (χ3n) is 6.47. The zero-order valence-electron chi connectivity index (χ0n) is 19.4. The van der Waals surface area contributed by atoms with Crippen LogP contribution in [0.5, 0.6) is 11.5 Å². The molecule has 3 aromatic carbocycles. The van der Waals surface area contributed by atoms with Crippen molar-refractivity contribution in [3.05, 3.63) is 83.2 Å². The van der Waals surface area contributed by atoms with Gasteiger partial charge >= 0.3 is 5.97 Å². The molecular weight excluding hydrogens is 457 g/mol. The Morgan fingerprint density at radius 3 is 2.31 bits per heavy atom. The fourth-order valence-corrected chi connectivity index (χ4v) is 4.52. The topological polar surface area (TPSA) is 55.8 Å². The highest BCUT2D eigenvalue weighted by Crippen LogP contribution is 2.38. The van der Waals surface area contributed by atoms with Crippen LogP contribution < -0.4 is 4.74 Å². The fourth-order valence-electron chi connectivity index (χ4n) is 4.52. The molecule has 1 N–H and O–H groups in total. The minimum absolute atomic E-state index is 0.00268. The van der Waals surface area contributed by atoms with Crippen LogP contribution in [0.3, 0.4) is 0 Å². The largest absolute Gasteiger partial charge is 0.508 e. The van der Waals surface area contributed by atoms with Crippen LogP contribution in [0.25, 0.3) is 11.1 Å². The third-order valence-corrected chi connectivity index (χ3v) is 6.47. The SMILES string of the molecule is CCOCc1ccc(C2CCC(C(=O)Oc3ccc(-c4ccc(O)cc4)c(F)c3F)CC2)c(F)c1. The zero-order valence-corrected chi connectivity index (χ0v) is 19.4. The number of esters is 1. The molecule has 1 saturated carbocycles. The van der Waals surface area contributed by atoms with Crippen molar-refractivity contribution in [3.63, 3.8) is 0 Å². The second-order valence-electron chi connectivity index (χ2n) is 8.75. The third kappa shape index (κ3) is 5.68. The molecule has 35 heavy (non-hydrogen) atoms. The Bertz CT molecular complexity index is 1190. The maximum Gasteiger partial charge on any atom is 0.314 e. The number of halogens is 3. The van der Waals surface area contributed by atoms with E-state index in [1.807, 2.05) is 13.0 Å². The number of hydrogen-bond acceptors (Lipinski definition) is 4. The van der Waals surface area contributed by atoms with Crippen LogP contribution in [0.2, 0.25) is 0 Å². The lowest BCUT2D eigenvalue weighted by molar-refractivity contribution is -0.140. The molecule has 1 aliphatic carbocycles. The summed E-state index contributed by atoms with van der Waals surface area (Å²) in [6, 6.07) is 13.4. The first-order valence-corrected chi connectivity index (χ1v) is 11.7. The lowest BCUT2D eigenvalue weighted by Crippen LogP contribution is -2.25. The summed E-state index contributed by atoms with van der Waals surface area (Å²) in [5.74, 6) is -4.21. The van der Waals surface area contributed by atoms with E-state index in [1.165, 1.54) is 42.5 Å².